The number of likely N-dealkylation sites (tertiary alicyclic amines) is 1. The van der Waals surface area contributed by atoms with Crippen LogP contribution in [0.3, 0.4) is 0 Å². The van der Waals surface area contributed by atoms with Crippen LogP contribution in [0.25, 0.3) is 0 Å². The van der Waals surface area contributed by atoms with Gasteiger partial charge in [0.1, 0.15) is 0 Å². The van der Waals surface area contributed by atoms with Crippen LogP contribution in [0.2, 0.25) is 0 Å². The molecule has 2 fully saturated rings. The lowest BCUT2D eigenvalue weighted by Gasteiger charge is -2.34. The molecule has 4 rings (SSSR count). The van der Waals surface area contributed by atoms with Crippen molar-refractivity contribution in [3.05, 3.63) is 45.9 Å². The summed E-state index contributed by atoms with van der Waals surface area (Å²) in [5.74, 6) is 0.796. The van der Waals surface area contributed by atoms with Crippen molar-refractivity contribution in [2.75, 3.05) is 13.1 Å². The molecule has 0 unspecified atom stereocenters. The highest BCUT2D eigenvalue weighted by atomic mass is 32.2. The summed E-state index contributed by atoms with van der Waals surface area (Å²) < 4.78 is 0. The molecule has 2 aromatic rings. The van der Waals surface area contributed by atoms with Crippen molar-refractivity contribution < 1.29 is 9.59 Å². The van der Waals surface area contributed by atoms with Crippen molar-refractivity contribution in [2.24, 2.45) is 0 Å². The lowest BCUT2D eigenvalue weighted by molar-refractivity contribution is 0.0917. The van der Waals surface area contributed by atoms with E-state index in [1.54, 1.807) is 23.1 Å². The number of benzene rings is 1. The summed E-state index contributed by atoms with van der Waals surface area (Å²) in [6.45, 7) is 3.40. The van der Waals surface area contributed by atoms with E-state index in [-0.39, 0.29) is 18.0 Å². The summed E-state index contributed by atoms with van der Waals surface area (Å²) in [5, 5.41) is 9.51. The molecule has 1 aliphatic heterocycles. The third-order valence-electron chi connectivity index (χ3n) is 6.22. The zero-order valence-electron chi connectivity index (χ0n) is 18.6. The number of rotatable bonds is 6. The first-order valence-electron chi connectivity index (χ1n) is 11.6. The number of urea groups is 1. The first kappa shape index (κ1) is 23.1. The van der Waals surface area contributed by atoms with Crippen LogP contribution < -0.4 is 10.6 Å². The largest absolute Gasteiger partial charge is 0.349 e. The fraction of sp³-hybridized carbons (Fsp3) is 0.542. The van der Waals surface area contributed by atoms with Crippen molar-refractivity contribution >= 4 is 35.0 Å². The third kappa shape index (κ3) is 6.48. The normalized spacial score (nSPS) is 17.8. The summed E-state index contributed by atoms with van der Waals surface area (Å²) in [6.07, 6.45) is 7.50. The summed E-state index contributed by atoms with van der Waals surface area (Å²) in [7, 11) is 0. The van der Waals surface area contributed by atoms with Gasteiger partial charge in [0.2, 0.25) is 0 Å². The van der Waals surface area contributed by atoms with Gasteiger partial charge in [-0.3, -0.25) is 4.79 Å². The van der Waals surface area contributed by atoms with E-state index in [0.29, 0.717) is 24.7 Å². The van der Waals surface area contributed by atoms with E-state index in [1.165, 1.54) is 19.3 Å². The molecule has 8 heteroatoms. The van der Waals surface area contributed by atoms with Crippen molar-refractivity contribution in [2.45, 2.75) is 74.6 Å². The van der Waals surface area contributed by atoms with Crippen molar-refractivity contribution in [1.82, 2.24) is 20.5 Å². The third-order valence-corrected chi connectivity index (χ3v) is 8.09. The number of amides is 3. The van der Waals surface area contributed by atoms with E-state index >= 15 is 0 Å². The van der Waals surface area contributed by atoms with Gasteiger partial charge < -0.3 is 15.5 Å². The number of hydrogen-bond donors (Lipinski definition) is 2. The van der Waals surface area contributed by atoms with E-state index in [2.05, 4.69) is 21.0 Å². The van der Waals surface area contributed by atoms with Crippen molar-refractivity contribution in [3.8, 4) is 0 Å². The molecule has 0 spiro atoms. The van der Waals surface area contributed by atoms with Crippen LogP contribution in [-0.2, 0) is 5.75 Å². The molecule has 1 saturated heterocycles. The summed E-state index contributed by atoms with van der Waals surface area (Å²) in [4.78, 5) is 32.7. The Morgan fingerprint density at radius 3 is 2.38 bits per heavy atom. The van der Waals surface area contributed by atoms with Gasteiger partial charge >= 0.3 is 6.03 Å². The highest BCUT2D eigenvalue weighted by molar-refractivity contribution is 7.98. The van der Waals surface area contributed by atoms with E-state index in [9.17, 15) is 9.59 Å². The zero-order chi connectivity index (χ0) is 22.3. The smallest absolute Gasteiger partial charge is 0.317 e. The molecule has 1 saturated carbocycles. The van der Waals surface area contributed by atoms with Gasteiger partial charge in [-0.25, -0.2) is 9.78 Å². The van der Waals surface area contributed by atoms with Gasteiger partial charge in [-0.2, -0.15) is 0 Å². The van der Waals surface area contributed by atoms with E-state index in [0.717, 1.165) is 47.0 Å². The van der Waals surface area contributed by atoms with E-state index in [4.69, 9.17) is 0 Å². The molecule has 172 valence electrons. The van der Waals surface area contributed by atoms with Crippen LogP contribution in [0.5, 0.6) is 0 Å². The molecule has 2 aliphatic rings. The van der Waals surface area contributed by atoms with E-state index in [1.807, 2.05) is 36.1 Å². The molecular formula is C24H32N4O2S2. The van der Waals surface area contributed by atoms with Gasteiger partial charge in [0, 0.05) is 46.8 Å². The predicted molar refractivity (Wildman–Crippen MR) is 130 cm³/mol. The van der Waals surface area contributed by atoms with Gasteiger partial charge in [-0.05, 0) is 56.9 Å². The standard InChI is InChI=1S/C24H32N4O2S2/c1-17-25-21(15-31-17)16-32-22-9-7-18(8-10-22)23(29)26-20-11-13-28(14-12-20)24(30)27-19-5-3-2-4-6-19/h7-10,15,19-20H,2-6,11-14,16H2,1H3,(H,26,29)(H,27,30). The minimum atomic E-state index is -0.0400. The molecule has 0 radical (unpaired) electrons. The number of aryl methyl sites for hydroxylation is 1. The molecule has 1 aromatic carbocycles. The summed E-state index contributed by atoms with van der Waals surface area (Å²) in [6, 6.07) is 8.27. The Morgan fingerprint density at radius 1 is 1.03 bits per heavy atom. The fourth-order valence-corrected chi connectivity index (χ4v) is 5.85. The van der Waals surface area contributed by atoms with Crippen LogP contribution >= 0.6 is 23.1 Å². The molecule has 1 aliphatic carbocycles. The average molecular weight is 473 g/mol. The van der Waals surface area contributed by atoms with Gasteiger partial charge in [-0.15, -0.1) is 23.1 Å². The molecule has 2 heterocycles. The number of aromatic nitrogens is 1. The van der Waals surface area contributed by atoms with Crippen molar-refractivity contribution in [3.63, 3.8) is 0 Å². The number of piperidine rings is 1. The first-order valence-corrected chi connectivity index (χ1v) is 13.4. The maximum Gasteiger partial charge on any atom is 0.317 e. The van der Waals surface area contributed by atoms with Crippen LogP contribution in [0.1, 0.15) is 66.0 Å². The molecule has 6 nitrogen and oxygen atoms in total. The Labute approximate surface area is 198 Å². The number of hydrogen-bond acceptors (Lipinski definition) is 5. The summed E-state index contributed by atoms with van der Waals surface area (Å²) >= 11 is 3.40. The second-order valence-corrected chi connectivity index (χ2v) is 10.8. The number of nitrogens with zero attached hydrogens (tertiary/aromatic N) is 2. The average Bonchev–Trinajstić information content (AvgIpc) is 3.24. The minimum Gasteiger partial charge on any atom is -0.349 e. The number of carbonyl (C=O) groups excluding carboxylic acids is 2. The van der Waals surface area contributed by atoms with E-state index < -0.39 is 0 Å². The second kappa shape index (κ2) is 11.2. The lowest BCUT2D eigenvalue weighted by Crippen LogP contribution is -2.51. The molecular weight excluding hydrogens is 440 g/mol. The molecule has 1 aromatic heterocycles. The Hall–Kier alpha value is -2.06. The Morgan fingerprint density at radius 2 is 1.72 bits per heavy atom. The Kier molecular flexibility index (Phi) is 8.08. The number of nitrogens with one attached hydrogen (secondary N) is 2. The topological polar surface area (TPSA) is 74.3 Å². The predicted octanol–water partition coefficient (Wildman–Crippen LogP) is 4.98. The Balaban J connectivity index is 1.19. The van der Waals surface area contributed by atoms with Gasteiger partial charge in [0.05, 0.1) is 10.7 Å². The van der Waals surface area contributed by atoms with Crippen LogP contribution in [0, 0.1) is 6.92 Å². The number of thiazole rings is 1. The number of carbonyl (C=O) groups is 2. The van der Waals surface area contributed by atoms with Crippen LogP contribution in [0.15, 0.2) is 34.5 Å². The highest BCUT2D eigenvalue weighted by Crippen LogP contribution is 2.24. The van der Waals surface area contributed by atoms with Crippen LogP contribution in [-0.4, -0.2) is 47.0 Å². The van der Waals surface area contributed by atoms with Crippen LogP contribution in [0.4, 0.5) is 4.79 Å². The SMILES string of the molecule is Cc1nc(CSc2ccc(C(=O)NC3CCN(C(=O)NC4CCCCC4)CC3)cc2)cs1. The molecule has 0 bridgehead atoms. The number of thioether (sulfide) groups is 1. The van der Waals surface area contributed by atoms with Gasteiger partial charge in [0.15, 0.2) is 0 Å². The van der Waals surface area contributed by atoms with Gasteiger partial charge in [-0.1, -0.05) is 19.3 Å². The maximum atomic E-state index is 12.7. The van der Waals surface area contributed by atoms with Crippen molar-refractivity contribution in [1.29, 1.82) is 0 Å². The molecule has 32 heavy (non-hydrogen) atoms. The highest BCUT2D eigenvalue weighted by Gasteiger charge is 2.26. The fourth-order valence-electron chi connectivity index (χ4n) is 4.34. The maximum absolute atomic E-state index is 12.7. The Bertz CT molecular complexity index is 901. The lowest BCUT2D eigenvalue weighted by atomic mass is 9.95. The second-order valence-electron chi connectivity index (χ2n) is 8.69. The molecule has 0 atom stereocenters. The molecule has 3 amide bonds. The monoisotopic (exact) mass is 472 g/mol. The minimum absolute atomic E-state index is 0.0400. The first-order chi connectivity index (χ1) is 15.6. The van der Waals surface area contributed by atoms with Gasteiger partial charge in [0.25, 0.3) is 5.91 Å². The molecule has 2 N–H and O–H groups in total. The summed E-state index contributed by atoms with van der Waals surface area (Å²) in [5.41, 5.74) is 1.77. The quantitative estimate of drug-likeness (QED) is 0.582. The zero-order valence-corrected chi connectivity index (χ0v) is 20.3.